The summed E-state index contributed by atoms with van der Waals surface area (Å²) < 4.78 is 5.92. The summed E-state index contributed by atoms with van der Waals surface area (Å²) in [6.07, 6.45) is 7.24. The van der Waals surface area contributed by atoms with Gasteiger partial charge in [-0.05, 0) is 39.7 Å². The summed E-state index contributed by atoms with van der Waals surface area (Å²) in [7, 11) is 1.85. The van der Waals surface area contributed by atoms with E-state index in [4.69, 9.17) is 9.72 Å². The van der Waals surface area contributed by atoms with Gasteiger partial charge in [-0.15, -0.1) is 11.3 Å². The van der Waals surface area contributed by atoms with E-state index < -0.39 is 0 Å². The van der Waals surface area contributed by atoms with Gasteiger partial charge < -0.3 is 10.1 Å². The van der Waals surface area contributed by atoms with Crippen molar-refractivity contribution in [1.29, 1.82) is 0 Å². The first-order chi connectivity index (χ1) is 9.63. The summed E-state index contributed by atoms with van der Waals surface area (Å²) in [6.45, 7) is 7.63. The van der Waals surface area contributed by atoms with Crippen molar-refractivity contribution in [3.63, 3.8) is 0 Å². The van der Waals surface area contributed by atoms with Gasteiger partial charge in [-0.25, -0.2) is 4.98 Å². The van der Waals surface area contributed by atoms with Crippen LogP contribution < -0.4 is 5.32 Å². The Morgan fingerprint density at radius 1 is 1.35 bits per heavy atom. The molecule has 1 aliphatic rings. The van der Waals surface area contributed by atoms with E-state index in [2.05, 4.69) is 26.1 Å². The Bertz CT molecular complexity index is 424. The zero-order valence-electron chi connectivity index (χ0n) is 13.3. The lowest BCUT2D eigenvalue weighted by molar-refractivity contribution is -0.0446. The van der Waals surface area contributed by atoms with Gasteiger partial charge in [-0.1, -0.05) is 26.2 Å². The van der Waals surface area contributed by atoms with Crippen LogP contribution in [0.2, 0.25) is 0 Å². The highest BCUT2D eigenvalue weighted by atomic mass is 32.1. The highest BCUT2D eigenvalue weighted by molar-refractivity contribution is 7.12. The van der Waals surface area contributed by atoms with Crippen LogP contribution in [0.4, 0.5) is 0 Å². The minimum atomic E-state index is -0.115. The van der Waals surface area contributed by atoms with Gasteiger partial charge in [0.2, 0.25) is 0 Å². The number of methoxy groups -OCH3 is 1. The van der Waals surface area contributed by atoms with E-state index in [1.165, 1.54) is 34.8 Å². The van der Waals surface area contributed by atoms with E-state index >= 15 is 0 Å². The summed E-state index contributed by atoms with van der Waals surface area (Å²) in [4.78, 5) is 6.23. The summed E-state index contributed by atoms with van der Waals surface area (Å²) in [5.41, 5.74) is 1.05. The number of aromatic nitrogens is 1. The molecule has 1 saturated carbocycles. The molecular weight excluding hydrogens is 268 g/mol. The SMILES string of the molecule is CCCNC(C)c1sc(C2(OC)CCCCC2)nc1C. The molecule has 4 heteroatoms. The van der Waals surface area contributed by atoms with E-state index in [-0.39, 0.29) is 5.60 Å². The number of rotatable bonds is 6. The average molecular weight is 296 g/mol. The van der Waals surface area contributed by atoms with Gasteiger partial charge in [0.05, 0.1) is 5.69 Å². The maximum atomic E-state index is 5.92. The van der Waals surface area contributed by atoms with Crippen LogP contribution in [-0.4, -0.2) is 18.6 Å². The lowest BCUT2D eigenvalue weighted by Gasteiger charge is -2.34. The maximum absolute atomic E-state index is 5.92. The third kappa shape index (κ3) is 3.23. The Balaban J connectivity index is 2.20. The predicted octanol–water partition coefficient (Wildman–Crippen LogP) is 4.32. The fourth-order valence-electron chi connectivity index (χ4n) is 3.09. The lowest BCUT2D eigenvalue weighted by Crippen LogP contribution is -2.30. The quantitative estimate of drug-likeness (QED) is 0.849. The molecule has 0 saturated heterocycles. The van der Waals surface area contributed by atoms with Gasteiger partial charge >= 0.3 is 0 Å². The second kappa shape index (κ2) is 7.01. The molecule has 1 heterocycles. The molecule has 0 aromatic carbocycles. The van der Waals surface area contributed by atoms with E-state index in [0.717, 1.165) is 25.8 Å². The van der Waals surface area contributed by atoms with Crippen molar-refractivity contribution in [2.45, 2.75) is 70.9 Å². The van der Waals surface area contributed by atoms with Crippen molar-refractivity contribution in [3.05, 3.63) is 15.6 Å². The topological polar surface area (TPSA) is 34.1 Å². The van der Waals surface area contributed by atoms with Gasteiger partial charge in [0.15, 0.2) is 0 Å². The fraction of sp³-hybridized carbons (Fsp3) is 0.812. The Morgan fingerprint density at radius 2 is 2.05 bits per heavy atom. The molecule has 1 aromatic heterocycles. The molecule has 114 valence electrons. The van der Waals surface area contributed by atoms with E-state index in [1.54, 1.807) is 0 Å². The number of hydrogen-bond acceptors (Lipinski definition) is 4. The Kier molecular flexibility index (Phi) is 5.58. The Hall–Kier alpha value is -0.450. The third-order valence-corrected chi connectivity index (χ3v) is 5.89. The molecule has 0 spiro atoms. The third-order valence-electron chi connectivity index (χ3n) is 4.37. The molecule has 3 nitrogen and oxygen atoms in total. The van der Waals surface area contributed by atoms with Crippen molar-refractivity contribution in [1.82, 2.24) is 10.3 Å². The second-order valence-corrected chi connectivity index (χ2v) is 6.93. The van der Waals surface area contributed by atoms with Crippen molar-refractivity contribution in [2.24, 2.45) is 0 Å². The highest BCUT2D eigenvalue weighted by Gasteiger charge is 2.37. The van der Waals surface area contributed by atoms with Crippen molar-refractivity contribution in [2.75, 3.05) is 13.7 Å². The number of ether oxygens (including phenoxy) is 1. The molecule has 0 amide bonds. The minimum absolute atomic E-state index is 0.115. The summed E-state index contributed by atoms with van der Waals surface area (Å²) in [6, 6.07) is 0.388. The maximum Gasteiger partial charge on any atom is 0.125 e. The summed E-state index contributed by atoms with van der Waals surface area (Å²) in [5, 5.41) is 4.76. The van der Waals surface area contributed by atoms with Gasteiger partial charge in [0, 0.05) is 18.0 Å². The first-order valence-electron chi connectivity index (χ1n) is 7.89. The molecule has 0 radical (unpaired) electrons. The average Bonchev–Trinajstić information content (AvgIpc) is 2.88. The fourth-order valence-corrected chi connectivity index (χ4v) is 4.40. The van der Waals surface area contributed by atoms with Crippen LogP contribution in [0.5, 0.6) is 0 Å². The monoisotopic (exact) mass is 296 g/mol. The van der Waals surface area contributed by atoms with Crippen LogP contribution in [0.3, 0.4) is 0 Å². The van der Waals surface area contributed by atoms with Crippen LogP contribution >= 0.6 is 11.3 Å². The van der Waals surface area contributed by atoms with Gasteiger partial charge in [-0.3, -0.25) is 0 Å². The van der Waals surface area contributed by atoms with Crippen molar-refractivity contribution in [3.8, 4) is 0 Å². The molecule has 1 aliphatic carbocycles. The standard InChI is InChI=1S/C16H28N2OS/c1-5-11-17-12(2)14-13(3)18-15(20-14)16(19-4)9-7-6-8-10-16/h12,17H,5-11H2,1-4H3. The smallest absolute Gasteiger partial charge is 0.125 e. The van der Waals surface area contributed by atoms with Crippen LogP contribution in [-0.2, 0) is 10.3 Å². The number of hydrogen-bond donors (Lipinski definition) is 1. The van der Waals surface area contributed by atoms with Gasteiger partial charge in [-0.2, -0.15) is 0 Å². The molecular formula is C16H28N2OS. The second-order valence-electron chi connectivity index (χ2n) is 5.90. The van der Waals surface area contributed by atoms with Gasteiger partial charge in [0.1, 0.15) is 10.6 Å². The van der Waals surface area contributed by atoms with E-state index in [9.17, 15) is 0 Å². The molecule has 0 aliphatic heterocycles. The molecule has 1 unspecified atom stereocenters. The van der Waals surface area contributed by atoms with E-state index in [0.29, 0.717) is 6.04 Å². The molecule has 20 heavy (non-hydrogen) atoms. The number of thiazole rings is 1. The lowest BCUT2D eigenvalue weighted by atomic mass is 9.85. The first kappa shape index (κ1) is 15.9. The molecule has 1 fully saturated rings. The molecule has 1 atom stereocenters. The predicted molar refractivity (Wildman–Crippen MR) is 85.3 cm³/mol. The van der Waals surface area contributed by atoms with Crippen LogP contribution in [0.25, 0.3) is 0 Å². The summed E-state index contributed by atoms with van der Waals surface area (Å²) >= 11 is 1.85. The van der Waals surface area contributed by atoms with Gasteiger partial charge in [0.25, 0.3) is 0 Å². The number of aryl methyl sites for hydroxylation is 1. The van der Waals surface area contributed by atoms with Crippen LogP contribution in [0.1, 0.15) is 74.0 Å². The number of nitrogens with one attached hydrogen (secondary N) is 1. The Labute approximate surface area is 127 Å². The largest absolute Gasteiger partial charge is 0.371 e. The molecule has 1 aromatic rings. The normalized spacial score (nSPS) is 20.0. The zero-order chi connectivity index (χ0) is 14.6. The van der Waals surface area contributed by atoms with Crippen LogP contribution in [0.15, 0.2) is 0 Å². The van der Waals surface area contributed by atoms with E-state index in [1.807, 2.05) is 18.4 Å². The molecule has 0 bridgehead atoms. The summed E-state index contributed by atoms with van der Waals surface area (Å²) in [5.74, 6) is 0. The molecule has 2 rings (SSSR count). The zero-order valence-corrected chi connectivity index (χ0v) is 14.1. The first-order valence-corrected chi connectivity index (χ1v) is 8.71. The van der Waals surface area contributed by atoms with Crippen LogP contribution in [0, 0.1) is 6.92 Å². The van der Waals surface area contributed by atoms with Crippen molar-refractivity contribution < 1.29 is 4.74 Å². The highest BCUT2D eigenvalue weighted by Crippen LogP contribution is 2.43. The molecule has 1 N–H and O–H groups in total. The minimum Gasteiger partial charge on any atom is -0.371 e. The van der Waals surface area contributed by atoms with Crippen molar-refractivity contribution >= 4 is 11.3 Å². The number of nitrogens with zero attached hydrogens (tertiary/aromatic N) is 1. The Morgan fingerprint density at radius 3 is 2.65 bits per heavy atom.